The first-order valence-corrected chi connectivity index (χ1v) is 15.3. The molecule has 2 heterocycles. The van der Waals surface area contributed by atoms with Crippen LogP contribution in [-0.4, -0.2) is 54.4 Å². The molecule has 4 rings (SSSR count). The van der Waals surface area contributed by atoms with Crippen LogP contribution in [0.5, 0.6) is 0 Å². The van der Waals surface area contributed by atoms with Crippen molar-refractivity contribution in [3.8, 4) is 11.8 Å². The number of rotatable bonds is 7. The number of nitrogens with zero attached hydrogens (tertiary/aromatic N) is 5. The number of hydrogen-bond acceptors (Lipinski definition) is 8. The third-order valence-corrected chi connectivity index (χ3v) is 8.03. The third-order valence-electron chi connectivity index (χ3n) is 7.29. The van der Waals surface area contributed by atoms with E-state index < -0.39 is 21.8 Å². The van der Waals surface area contributed by atoms with Crippen LogP contribution < -0.4 is 15.5 Å². The second-order valence-electron chi connectivity index (χ2n) is 11.9. The fraction of sp³-hybridized carbons (Fsp3) is 0.448. The Balaban J connectivity index is 1.36. The largest absolute Gasteiger partial charge is 0.370 e. The second-order valence-corrected chi connectivity index (χ2v) is 13.5. The summed E-state index contributed by atoms with van der Waals surface area (Å²) in [4.78, 5) is 14.7. The third kappa shape index (κ3) is 7.62. The molecule has 1 fully saturated rings. The normalized spacial score (nSPS) is 14.9. The van der Waals surface area contributed by atoms with E-state index in [9.17, 15) is 18.5 Å². The quantitative estimate of drug-likeness (QED) is 0.370. The average molecular weight is 580 g/mol. The summed E-state index contributed by atoms with van der Waals surface area (Å²) in [6.07, 6.45) is 4.13. The molecule has 0 aliphatic carbocycles. The van der Waals surface area contributed by atoms with E-state index in [4.69, 9.17) is 4.18 Å². The van der Waals surface area contributed by atoms with Gasteiger partial charge in [0, 0.05) is 18.8 Å². The molecule has 0 unspecified atom stereocenters. The summed E-state index contributed by atoms with van der Waals surface area (Å²) in [7, 11) is -3.56. The van der Waals surface area contributed by atoms with E-state index in [1.54, 1.807) is 36.9 Å². The summed E-state index contributed by atoms with van der Waals surface area (Å²) in [6.45, 7) is 11.3. The second kappa shape index (κ2) is 11.5. The van der Waals surface area contributed by atoms with Crippen molar-refractivity contribution in [2.75, 3.05) is 34.9 Å². The highest BCUT2D eigenvalue weighted by molar-refractivity contribution is 7.86. The molecular weight excluding hydrogens is 542 g/mol. The maximum absolute atomic E-state index is 12.7. The zero-order chi connectivity index (χ0) is 30.0. The summed E-state index contributed by atoms with van der Waals surface area (Å²) < 4.78 is 30.2. The average Bonchev–Trinajstić information content (AvgIpc) is 3.35. The highest BCUT2D eigenvalue weighted by Gasteiger charge is 2.36. The Morgan fingerprint density at radius 2 is 1.71 bits per heavy atom. The lowest BCUT2D eigenvalue weighted by molar-refractivity contribution is 0.0391. The molecule has 0 spiro atoms. The molecule has 1 saturated heterocycles. The van der Waals surface area contributed by atoms with Crippen LogP contribution in [-0.2, 0) is 19.7 Å². The molecule has 0 saturated carbocycles. The lowest BCUT2D eigenvalue weighted by Crippen LogP contribution is -2.44. The molecule has 2 aromatic carbocycles. The summed E-state index contributed by atoms with van der Waals surface area (Å²) in [6, 6.07) is 14.9. The predicted molar refractivity (Wildman–Crippen MR) is 159 cm³/mol. The van der Waals surface area contributed by atoms with Gasteiger partial charge in [0.25, 0.3) is 10.1 Å². The highest BCUT2D eigenvalue weighted by Crippen LogP contribution is 2.35. The molecular formula is C29H37N7O4S. The number of aromatic nitrogens is 3. The van der Waals surface area contributed by atoms with Gasteiger partial charge in [-0.1, -0.05) is 38.1 Å². The van der Waals surface area contributed by atoms with E-state index >= 15 is 0 Å². The molecule has 0 atom stereocenters. The van der Waals surface area contributed by atoms with Crippen molar-refractivity contribution in [1.82, 2.24) is 15.0 Å². The van der Waals surface area contributed by atoms with Crippen LogP contribution in [0.15, 0.2) is 48.7 Å². The van der Waals surface area contributed by atoms with Crippen molar-refractivity contribution in [3.05, 3.63) is 59.8 Å². The maximum atomic E-state index is 12.7. The van der Waals surface area contributed by atoms with Gasteiger partial charge in [-0.15, -0.1) is 5.10 Å². The van der Waals surface area contributed by atoms with Crippen LogP contribution >= 0.6 is 0 Å². The van der Waals surface area contributed by atoms with Crippen LogP contribution in [0.2, 0.25) is 0 Å². The van der Waals surface area contributed by atoms with Crippen LogP contribution in [0.1, 0.15) is 58.6 Å². The fourth-order valence-electron chi connectivity index (χ4n) is 5.09. The number of nitriles is 1. The molecule has 2 amide bonds. The van der Waals surface area contributed by atoms with E-state index in [1.165, 1.54) is 5.56 Å². The van der Waals surface area contributed by atoms with Crippen LogP contribution in [0.25, 0.3) is 5.69 Å². The lowest BCUT2D eigenvalue weighted by atomic mass is 9.83. The molecule has 41 heavy (non-hydrogen) atoms. The molecule has 12 heteroatoms. The minimum Gasteiger partial charge on any atom is -0.370 e. The molecule has 218 valence electrons. The Kier molecular flexibility index (Phi) is 8.42. The highest BCUT2D eigenvalue weighted by atomic mass is 32.2. The first-order chi connectivity index (χ1) is 19.1. The Morgan fingerprint density at radius 3 is 2.29 bits per heavy atom. The molecule has 1 aliphatic rings. The van der Waals surface area contributed by atoms with E-state index in [1.807, 2.05) is 30.3 Å². The van der Waals surface area contributed by atoms with Crippen LogP contribution in [0.4, 0.5) is 22.0 Å². The Labute approximate surface area is 241 Å². The van der Waals surface area contributed by atoms with Gasteiger partial charge < -0.3 is 10.2 Å². The number of amides is 2. The predicted octanol–water partition coefficient (Wildman–Crippen LogP) is 5.05. The minimum absolute atomic E-state index is 0.0420. The van der Waals surface area contributed by atoms with Gasteiger partial charge in [0.15, 0.2) is 5.82 Å². The molecule has 3 aromatic rings. The van der Waals surface area contributed by atoms with Crippen molar-refractivity contribution >= 4 is 33.3 Å². The lowest BCUT2D eigenvalue weighted by Gasteiger charge is -2.40. The van der Waals surface area contributed by atoms with Crippen molar-refractivity contribution < 1.29 is 17.4 Å². The first kappa shape index (κ1) is 30.0. The molecule has 11 nitrogen and oxygen atoms in total. The Hall–Kier alpha value is -3.95. The van der Waals surface area contributed by atoms with Crippen molar-refractivity contribution in [3.63, 3.8) is 0 Å². The molecule has 0 bridgehead atoms. The van der Waals surface area contributed by atoms with Gasteiger partial charge in [-0.05, 0) is 73.9 Å². The molecule has 2 N–H and O–H groups in total. The van der Waals surface area contributed by atoms with Gasteiger partial charge in [-0.25, -0.2) is 9.48 Å². The number of nitrogens with one attached hydrogen (secondary N) is 2. The summed E-state index contributed by atoms with van der Waals surface area (Å²) in [5.74, 6) is 0.342. The zero-order valence-corrected chi connectivity index (χ0v) is 25.1. The number of piperidine rings is 1. The van der Waals surface area contributed by atoms with Gasteiger partial charge in [0.05, 0.1) is 35.0 Å². The Morgan fingerprint density at radius 1 is 1.05 bits per heavy atom. The summed E-state index contributed by atoms with van der Waals surface area (Å²) in [5, 5.41) is 23.4. The molecule has 1 aromatic heterocycles. The maximum Gasteiger partial charge on any atom is 0.324 e. The van der Waals surface area contributed by atoms with Crippen LogP contribution in [0, 0.1) is 17.2 Å². The number of anilines is 3. The number of urea groups is 1. The van der Waals surface area contributed by atoms with E-state index in [0.29, 0.717) is 24.3 Å². The number of carbonyl (C=O) groups excluding carboxylic acids is 1. The van der Waals surface area contributed by atoms with Gasteiger partial charge >= 0.3 is 6.03 Å². The molecule has 0 radical (unpaired) electrons. The van der Waals surface area contributed by atoms with Crippen molar-refractivity contribution in [2.45, 2.75) is 58.5 Å². The van der Waals surface area contributed by atoms with Gasteiger partial charge in [-0.2, -0.15) is 13.7 Å². The Bertz CT molecular complexity index is 1540. The van der Waals surface area contributed by atoms with Gasteiger partial charge in [-0.3, -0.25) is 9.50 Å². The minimum atomic E-state index is -3.56. The van der Waals surface area contributed by atoms with Crippen molar-refractivity contribution in [1.29, 1.82) is 5.26 Å². The standard InChI is InChI=1S/C29H37N7O4S/c1-28(2,3)21-7-10-24(11-8-21)36-19-26(33-34-36)32-27(37)31-23-9-12-25(20(17-23)18-30)35-15-13-22(14-16-35)29(4,5)40-41(6,38)39/h7-12,17,19,22H,13-16H2,1-6H3,(H2,31,32,37). The summed E-state index contributed by atoms with van der Waals surface area (Å²) >= 11 is 0. The first-order valence-electron chi connectivity index (χ1n) is 13.5. The zero-order valence-electron chi connectivity index (χ0n) is 24.3. The van der Waals surface area contributed by atoms with E-state index in [2.05, 4.69) is 52.7 Å². The van der Waals surface area contributed by atoms with Gasteiger partial charge in [0.2, 0.25) is 0 Å². The fourth-order valence-corrected chi connectivity index (χ4v) is 6.01. The number of carbonyl (C=O) groups is 1. The number of benzene rings is 2. The number of hydrogen-bond donors (Lipinski definition) is 2. The topological polar surface area (TPSA) is 142 Å². The summed E-state index contributed by atoms with van der Waals surface area (Å²) in [5.41, 5.74) is 2.92. The molecule has 1 aliphatic heterocycles. The monoisotopic (exact) mass is 579 g/mol. The van der Waals surface area contributed by atoms with Gasteiger partial charge in [0.1, 0.15) is 6.07 Å². The SMILES string of the molecule is CC(C)(C)c1ccc(-n2cc(NC(=O)Nc3ccc(N4CCC(C(C)(C)OS(C)(=O)=O)CC4)c(C#N)c3)nn2)cc1. The van der Waals surface area contributed by atoms with E-state index in [-0.39, 0.29) is 17.2 Å². The van der Waals surface area contributed by atoms with Crippen molar-refractivity contribution in [2.24, 2.45) is 5.92 Å². The van der Waals surface area contributed by atoms with Crippen LogP contribution in [0.3, 0.4) is 0 Å². The van der Waals surface area contributed by atoms with E-state index in [0.717, 1.165) is 30.5 Å². The smallest absolute Gasteiger partial charge is 0.324 e.